The molecule has 7 nitrogen and oxygen atoms in total. The number of fused-ring (bicyclic) bond motifs is 1. The maximum atomic E-state index is 13.6. The van der Waals surface area contributed by atoms with Crippen molar-refractivity contribution in [3.05, 3.63) is 41.2 Å². The number of alkyl halides is 2. The fourth-order valence-electron chi connectivity index (χ4n) is 3.90. The maximum Gasteiger partial charge on any atom is 0.409 e. The third kappa shape index (κ3) is 4.08. The van der Waals surface area contributed by atoms with Crippen LogP contribution >= 0.6 is 0 Å². The molecule has 0 spiro atoms. The molecular weight excluding hydrogens is 380 g/mol. The van der Waals surface area contributed by atoms with Crippen LogP contribution in [0.3, 0.4) is 0 Å². The molecule has 4 heterocycles. The fourth-order valence-corrected chi connectivity index (χ4v) is 3.90. The molecule has 2 aliphatic heterocycles. The number of pyridine rings is 2. The molecule has 0 radical (unpaired) electrons. The summed E-state index contributed by atoms with van der Waals surface area (Å²) in [5.41, 5.74) is 3.26. The summed E-state index contributed by atoms with van der Waals surface area (Å²) in [6, 6.07) is 5.78. The molecule has 0 aliphatic carbocycles. The van der Waals surface area contributed by atoms with Gasteiger partial charge in [-0.3, -0.25) is 10.3 Å². The van der Waals surface area contributed by atoms with Gasteiger partial charge in [-0.25, -0.2) is 18.6 Å². The first-order chi connectivity index (χ1) is 13.8. The standard InChI is InChI=1S/C20H23F2N5O2/c1-13-11-16(27-8-4-15-14(12-27)3-2-7-23-15)24-18(17(13)25-19(28)29)26-9-5-20(21,22)6-10-26/h2-3,7,11,25H,4-6,8-10,12H2,1H3,(H,28,29). The molecule has 0 atom stereocenters. The largest absolute Gasteiger partial charge is 0.465 e. The Hall–Kier alpha value is -2.97. The molecule has 2 aromatic heterocycles. The van der Waals surface area contributed by atoms with E-state index in [0.717, 1.165) is 24.2 Å². The number of carboxylic acid groups (broad SMARTS) is 1. The molecule has 0 saturated carbocycles. The molecule has 1 amide bonds. The number of aromatic nitrogens is 2. The van der Waals surface area contributed by atoms with Gasteiger partial charge in [-0.15, -0.1) is 0 Å². The van der Waals surface area contributed by atoms with Crippen molar-refractivity contribution < 1.29 is 18.7 Å². The lowest BCUT2D eigenvalue weighted by atomic mass is 10.0. The lowest BCUT2D eigenvalue weighted by Gasteiger charge is -2.35. The number of amides is 1. The highest BCUT2D eigenvalue weighted by Crippen LogP contribution is 2.36. The van der Waals surface area contributed by atoms with Crippen LogP contribution in [-0.4, -0.2) is 46.7 Å². The van der Waals surface area contributed by atoms with Gasteiger partial charge in [0.05, 0.1) is 5.69 Å². The number of carbonyl (C=O) groups is 1. The van der Waals surface area contributed by atoms with E-state index in [-0.39, 0.29) is 25.9 Å². The van der Waals surface area contributed by atoms with Gasteiger partial charge >= 0.3 is 6.09 Å². The monoisotopic (exact) mass is 403 g/mol. The van der Waals surface area contributed by atoms with Crippen molar-refractivity contribution in [3.63, 3.8) is 0 Å². The summed E-state index contributed by atoms with van der Waals surface area (Å²) in [5.74, 6) is -1.57. The Labute approximate surface area is 167 Å². The molecule has 154 valence electrons. The normalized spacial score (nSPS) is 18.3. The van der Waals surface area contributed by atoms with Crippen LogP contribution in [-0.2, 0) is 13.0 Å². The second-order valence-corrected chi connectivity index (χ2v) is 7.55. The second kappa shape index (κ2) is 7.46. The Bertz CT molecular complexity index is 927. The van der Waals surface area contributed by atoms with E-state index in [1.807, 2.05) is 18.2 Å². The fraction of sp³-hybridized carbons (Fsp3) is 0.450. The van der Waals surface area contributed by atoms with Gasteiger partial charge < -0.3 is 14.9 Å². The van der Waals surface area contributed by atoms with E-state index in [9.17, 15) is 18.7 Å². The summed E-state index contributed by atoms with van der Waals surface area (Å²) in [4.78, 5) is 24.3. The van der Waals surface area contributed by atoms with E-state index in [1.165, 1.54) is 0 Å². The van der Waals surface area contributed by atoms with Gasteiger partial charge in [-0.1, -0.05) is 6.07 Å². The topological polar surface area (TPSA) is 81.6 Å². The molecule has 2 aliphatic rings. The number of piperidine rings is 1. The lowest BCUT2D eigenvalue weighted by molar-refractivity contribution is -0.0221. The molecule has 1 fully saturated rings. The van der Waals surface area contributed by atoms with E-state index in [4.69, 9.17) is 4.98 Å². The van der Waals surface area contributed by atoms with E-state index in [1.54, 1.807) is 18.0 Å². The minimum absolute atomic E-state index is 0.129. The predicted molar refractivity (Wildman–Crippen MR) is 106 cm³/mol. The molecule has 0 aromatic carbocycles. The third-order valence-corrected chi connectivity index (χ3v) is 5.50. The highest BCUT2D eigenvalue weighted by atomic mass is 19.3. The first kappa shape index (κ1) is 19.4. The summed E-state index contributed by atoms with van der Waals surface area (Å²) in [6.45, 7) is 3.45. The first-order valence-corrected chi connectivity index (χ1v) is 9.64. The van der Waals surface area contributed by atoms with Crippen molar-refractivity contribution in [2.24, 2.45) is 0 Å². The van der Waals surface area contributed by atoms with Crippen molar-refractivity contribution in [3.8, 4) is 0 Å². The molecule has 9 heteroatoms. The van der Waals surface area contributed by atoms with Crippen LogP contribution in [0.25, 0.3) is 0 Å². The molecule has 2 N–H and O–H groups in total. The number of hydrogen-bond acceptors (Lipinski definition) is 5. The summed E-state index contributed by atoms with van der Waals surface area (Å²) in [6.07, 6.45) is 0.829. The summed E-state index contributed by atoms with van der Waals surface area (Å²) in [7, 11) is 0. The van der Waals surface area contributed by atoms with Crippen LogP contribution in [0.2, 0.25) is 0 Å². The molecule has 2 aromatic rings. The number of aryl methyl sites for hydroxylation is 1. The number of anilines is 3. The summed E-state index contributed by atoms with van der Waals surface area (Å²) < 4.78 is 27.2. The first-order valence-electron chi connectivity index (χ1n) is 9.64. The van der Waals surface area contributed by atoms with Crippen LogP contribution in [0.15, 0.2) is 24.4 Å². The maximum absolute atomic E-state index is 13.6. The average molecular weight is 403 g/mol. The zero-order valence-electron chi connectivity index (χ0n) is 16.2. The zero-order valence-corrected chi connectivity index (χ0v) is 16.2. The Morgan fingerprint density at radius 2 is 2.00 bits per heavy atom. The average Bonchev–Trinajstić information content (AvgIpc) is 2.69. The Morgan fingerprint density at radius 3 is 2.72 bits per heavy atom. The van der Waals surface area contributed by atoms with Gasteiger partial charge in [0.1, 0.15) is 5.82 Å². The third-order valence-electron chi connectivity index (χ3n) is 5.50. The highest BCUT2D eigenvalue weighted by molar-refractivity contribution is 5.89. The quantitative estimate of drug-likeness (QED) is 0.814. The van der Waals surface area contributed by atoms with Crippen LogP contribution in [0.5, 0.6) is 0 Å². The van der Waals surface area contributed by atoms with Crippen molar-refractivity contribution in [2.45, 2.75) is 38.7 Å². The number of nitrogens with zero attached hydrogens (tertiary/aromatic N) is 4. The van der Waals surface area contributed by atoms with Gasteiger partial charge in [0.25, 0.3) is 5.92 Å². The van der Waals surface area contributed by atoms with Crippen LogP contribution in [0, 0.1) is 6.92 Å². The highest BCUT2D eigenvalue weighted by Gasteiger charge is 2.35. The van der Waals surface area contributed by atoms with Crippen molar-refractivity contribution >= 4 is 23.4 Å². The number of nitrogens with one attached hydrogen (secondary N) is 1. The van der Waals surface area contributed by atoms with Crippen molar-refractivity contribution in [1.82, 2.24) is 9.97 Å². The molecule has 4 rings (SSSR count). The lowest BCUT2D eigenvalue weighted by Crippen LogP contribution is -2.40. The second-order valence-electron chi connectivity index (χ2n) is 7.55. The smallest absolute Gasteiger partial charge is 0.409 e. The van der Waals surface area contributed by atoms with Crippen molar-refractivity contribution in [2.75, 3.05) is 34.8 Å². The Balaban J connectivity index is 1.67. The van der Waals surface area contributed by atoms with Gasteiger partial charge in [-0.2, -0.15) is 0 Å². The minimum atomic E-state index is -2.69. The zero-order chi connectivity index (χ0) is 20.6. The van der Waals surface area contributed by atoms with Crippen LogP contribution in [0.1, 0.15) is 29.7 Å². The van der Waals surface area contributed by atoms with Gasteiger partial charge in [0.2, 0.25) is 0 Å². The van der Waals surface area contributed by atoms with Crippen molar-refractivity contribution in [1.29, 1.82) is 0 Å². The van der Waals surface area contributed by atoms with E-state index in [0.29, 0.717) is 29.4 Å². The Kier molecular flexibility index (Phi) is 4.97. The van der Waals surface area contributed by atoms with E-state index < -0.39 is 12.0 Å². The van der Waals surface area contributed by atoms with E-state index in [2.05, 4.69) is 15.2 Å². The minimum Gasteiger partial charge on any atom is -0.465 e. The van der Waals surface area contributed by atoms with Crippen LogP contribution in [0.4, 0.5) is 30.9 Å². The number of rotatable bonds is 3. The predicted octanol–water partition coefficient (Wildman–Crippen LogP) is 3.67. The SMILES string of the molecule is Cc1cc(N2CCc3ncccc3C2)nc(N2CCC(F)(F)CC2)c1NC(=O)O. The molecular formula is C20H23F2N5O2. The Morgan fingerprint density at radius 1 is 1.24 bits per heavy atom. The molecule has 29 heavy (non-hydrogen) atoms. The molecule has 0 unspecified atom stereocenters. The van der Waals surface area contributed by atoms with Gasteiger partial charge in [0, 0.05) is 57.3 Å². The van der Waals surface area contributed by atoms with Gasteiger partial charge in [-0.05, 0) is 30.2 Å². The summed E-state index contributed by atoms with van der Waals surface area (Å²) in [5, 5.41) is 11.6. The molecule has 0 bridgehead atoms. The number of hydrogen-bond donors (Lipinski definition) is 2. The van der Waals surface area contributed by atoms with E-state index >= 15 is 0 Å². The molecule has 1 saturated heterocycles. The van der Waals surface area contributed by atoms with Crippen LogP contribution < -0.4 is 15.1 Å². The number of halogens is 2. The van der Waals surface area contributed by atoms with Gasteiger partial charge in [0.15, 0.2) is 5.82 Å². The summed E-state index contributed by atoms with van der Waals surface area (Å²) >= 11 is 0.